The van der Waals surface area contributed by atoms with E-state index in [2.05, 4.69) is 20.9 Å². The second-order valence-electron chi connectivity index (χ2n) is 5.09. The van der Waals surface area contributed by atoms with Gasteiger partial charge in [0.15, 0.2) is 0 Å². The summed E-state index contributed by atoms with van der Waals surface area (Å²) in [7, 11) is 0. The molecule has 3 aromatic rings. The molecule has 1 aromatic heterocycles. The number of aromatic nitrogens is 2. The Morgan fingerprint density at radius 2 is 2.05 bits per heavy atom. The number of rotatable bonds is 4. The zero-order valence-corrected chi connectivity index (χ0v) is 12.9. The van der Waals surface area contributed by atoms with E-state index >= 15 is 0 Å². The molecule has 108 valence electrons. The molecule has 21 heavy (non-hydrogen) atoms. The fourth-order valence-electron chi connectivity index (χ4n) is 2.46. The van der Waals surface area contributed by atoms with Crippen molar-refractivity contribution in [1.82, 2.24) is 9.55 Å². The van der Waals surface area contributed by atoms with Crippen LogP contribution in [0, 0.1) is 5.82 Å². The molecule has 0 fully saturated rings. The van der Waals surface area contributed by atoms with E-state index in [0.717, 1.165) is 21.1 Å². The van der Waals surface area contributed by atoms with Gasteiger partial charge in [-0.1, -0.05) is 28.1 Å². The predicted molar refractivity (Wildman–Crippen MR) is 85.5 cm³/mol. The fraction of sp³-hybridized carbons (Fsp3) is 0.188. The summed E-state index contributed by atoms with van der Waals surface area (Å²) in [6, 6.07) is 12.5. The van der Waals surface area contributed by atoms with Crippen molar-refractivity contribution in [3.05, 3.63) is 64.6 Å². The topological polar surface area (TPSA) is 43.8 Å². The Balaban J connectivity index is 1.77. The van der Waals surface area contributed by atoms with E-state index in [0.29, 0.717) is 13.0 Å². The number of nitrogens with two attached hydrogens (primary N) is 1. The largest absolute Gasteiger partial charge is 0.329 e. The van der Waals surface area contributed by atoms with Crippen molar-refractivity contribution in [3.63, 3.8) is 0 Å². The number of benzene rings is 2. The number of hydrogen-bond acceptors (Lipinski definition) is 2. The highest BCUT2D eigenvalue weighted by atomic mass is 79.9. The first-order valence-corrected chi connectivity index (χ1v) is 7.52. The maximum atomic E-state index is 13.3. The summed E-state index contributed by atoms with van der Waals surface area (Å²) >= 11 is 3.44. The van der Waals surface area contributed by atoms with Crippen LogP contribution in [0.2, 0.25) is 0 Å². The van der Waals surface area contributed by atoms with Crippen LogP contribution >= 0.6 is 15.9 Å². The van der Waals surface area contributed by atoms with Gasteiger partial charge in [-0.15, -0.1) is 0 Å². The molecule has 2 aromatic carbocycles. The molecule has 1 atom stereocenters. The zero-order chi connectivity index (χ0) is 14.8. The third-order valence-corrected chi connectivity index (χ3v) is 4.22. The Bertz CT molecular complexity index is 769. The molecule has 0 aliphatic carbocycles. The number of imidazole rings is 1. The first-order valence-electron chi connectivity index (χ1n) is 6.73. The fourth-order valence-corrected chi connectivity index (χ4v) is 2.86. The van der Waals surface area contributed by atoms with Gasteiger partial charge in [0.1, 0.15) is 5.82 Å². The van der Waals surface area contributed by atoms with Gasteiger partial charge < -0.3 is 10.3 Å². The molecule has 3 rings (SSSR count). The van der Waals surface area contributed by atoms with Crippen molar-refractivity contribution in [2.45, 2.75) is 19.0 Å². The summed E-state index contributed by atoms with van der Waals surface area (Å²) in [6.07, 6.45) is 2.40. The molecule has 0 radical (unpaired) electrons. The van der Waals surface area contributed by atoms with Gasteiger partial charge in [0.25, 0.3) is 0 Å². The quantitative estimate of drug-likeness (QED) is 0.784. The Morgan fingerprint density at radius 1 is 1.24 bits per heavy atom. The highest BCUT2D eigenvalue weighted by Crippen LogP contribution is 2.20. The van der Waals surface area contributed by atoms with Crippen LogP contribution in [-0.4, -0.2) is 15.6 Å². The van der Waals surface area contributed by atoms with Gasteiger partial charge in [0, 0.05) is 17.1 Å². The molecule has 1 unspecified atom stereocenters. The summed E-state index contributed by atoms with van der Waals surface area (Å²) in [4.78, 5) is 4.35. The normalized spacial score (nSPS) is 12.7. The molecule has 0 bridgehead atoms. The summed E-state index contributed by atoms with van der Waals surface area (Å²) in [6.45, 7) is 0.642. The number of fused-ring (bicyclic) bond motifs is 1. The van der Waals surface area contributed by atoms with Crippen molar-refractivity contribution in [2.24, 2.45) is 5.73 Å². The van der Waals surface area contributed by atoms with Crippen molar-refractivity contribution < 1.29 is 4.39 Å². The van der Waals surface area contributed by atoms with Crippen LogP contribution in [0.4, 0.5) is 4.39 Å². The lowest BCUT2D eigenvalue weighted by molar-refractivity contribution is 0.555. The zero-order valence-electron chi connectivity index (χ0n) is 11.3. The van der Waals surface area contributed by atoms with Crippen molar-refractivity contribution in [3.8, 4) is 0 Å². The van der Waals surface area contributed by atoms with Gasteiger partial charge >= 0.3 is 0 Å². The number of halogens is 2. The highest BCUT2D eigenvalue weighted by molar-refractivity contribution is 9.10. The van der Waals surface area contributed by atoms with E-state index in [4.69, 9.17) is 5.73 Å². The Hall–Kier alpha value is -1.72. The van der Waals surface area contributed by atoms with Gasteiger partial charge in [-0.2, -0.15) is 0 Å². The van der Waals surface area contributed by atoms with Gasteiger partial charge in [-0.25, -0.2) is 9.37 Å². The van der Waals surface area contributed by atoms with Crippen LogP contribution in [0.5, 0.6) is 0 Å². The van der Waals surface area contributed by atoms with Crippen LogP contribution in [0.25, 0.3) is 11.0 Å². The van der Waals surface area contributed by atoms with Crippen LogP contribution < -0.4 is 5.73 Å². The molecule has 0 aliphatic heterocycles. The summed E-state index contributed by atoms with van der Waals surface area (Å²) < 4.78 is 16.2. The number of hydrogen-bond donors (Lipinski definition) is 1. The molecule has 0 amide bonds. The molecule has 0 spiro atoms. The molecule has 0 aliphatic rings. The Morgan fingerprint density at radius 3 is 2.90 bits per heavy atom. The van der Waals surface area contributed by atoms with Crippen molar-refractivity contribution in [1.29, 1.82) is 0 Å². The lowest BCUT2D eigenvalue weighted by atomic mass is 10.1. The molecule has 2 N–H and O–H groups in total. The predicted octanol–water partition coefficient (Wildman–Crippen LogP) is 3.51. The lowest BCUT2D eigenvalue weighted by Gasteiger charge is -2.14. The maximum Gasteiger partial charge on any atom is 0.123 e. The SMILES string of the molecule is NC(Cc1cc(F)ccc1Br)Cn1cnc2ccccc21. The molecule has 0 saturated carbocycles. The average Bonchev–Trinajstić information content (AvgIpc) is 2.86. The van der Waals surface area contributed by atoms with Crippen molar-refractivity contribution in [2.75, 3.05) is 0 Å². The number of nitrogens with zero attached hydrogens (tertiary/aromatic N) is 2. The Labute approximate surface area is 130 Å². The second-order valence-corrected chi connectivity index (χ2v) is 5.94. The smallest absolute Gasteiger partial charge is 0.123 e. The van der Waals surface area contributed by atoms with E-state index in [1.54, 1.807) is 12.4 Å². The van der Waals surface area contributed by atoms with Gasteiger partial charge in [0.2, 0.25) is 0 Å². The highest BCUT2D eigenvalue weighted by Gasteiger charge is 2.10. The lowest BCUT2D eigenvalue weighted by Crippen LogP contribution is -2.28. The number of para-hydroxylation sites is 2. The third kappa shape index (κ3) is 3.14. The van der Waals surface area contributed by atoms with E-state index in [1.807, 2.05) is 28.8 Å². The maximum absolute atomic E-state index is 13.3. The van der Waals surface area contributed by atoms with Crippen LogP contribution in [0.1, 0.15) is 5.56 Å². The first-order chi connectivity index (χ1) is 10.1. The minimum Gasteiger partial charge on any atom is -0.329 e. The van der Waals surface area contributed by atoms with E-state index < -0.39 is 0 Å². The molecular formula is C16H15BrFN3. The first kappa shape index (κ1) is 14.2. The Kier molecular flexibility index (Phi) is 4.03. The molecule has 3 nitrogen and oxygen atoms in total. The van der Waals surface area contributed by atoms with Crippen LogP contribution in [0.15, 0.2) is 53.3 Å². The summed E-state index contributed by atoms with van der Waals surface area (Å²) in [5, 5.41) is 0. The third-order valence-electron chi connectivity index (χ3n) is 3.45. The van der Waals surface area contributed by atoms with Crippen LogP contribution in [0.3, 0.4) is 0 Å². The van der Waals surface area contributed by atoms with Crippen molar-refractivity contribution >= 4 is 27.0 Å². The monoisotopic (exact) mass is 347 g/mol. The minimum absolute atomic E-state index is 0.110. The van der Waals surface area contributed by atoms with E-state index in [1.165, 1.54) is 12.1 Å². The van der Waals surface area contributed by atoms with E-state index in [-0.39, 0.29) is 11.9 Å². The van der Waals surface area contributed by atoms with Gasteiger partial charge in [-0.3, -0.25) is 0 Å². The van der Waals surface area contributed by atoms with E-state index in [9.17, 15) is 4.39 Å². The second kappa shape index (κ2) is 5.95. The molecular weight excluding hydrogens is 333 g/mol. The minimum atomic E-state index is -0.242. The molecule has 0 saturated heterocycles. The standard InChI is InChI=1S/C16H15BrFN3/c17-14-6-5-12(18)7-11(14)8-13(19)9-21-10-20-15-3-1-2-4-16(15)21/h1-7,10,13H,8-9,19H2. The molecule has 5 heteroatoms. The molecule has 1 heterocycles. The van der Waals surface area contributed by atoms with Crippen LogP contribution in [-0.2, 0) is 13.0 Å². The summed E-state index contributed by atoms with van der Waals surface area (Å²) in [5.41, 5.74) is 9.11. The summed E-state index contributed by atoms with van der Waals surface area (Å²) in [5.74, 6) is -0.242. The van der Waals surface area contributed by atoms with Gasteiger partial charge in [-0.05, 0) is 42.3 Å². The average molecular weight is 348 g/mol. The van der Waals surface area contributed by atoms with Gasteiger partial charge in [0.05, 0.1) is 17.4 Å².